The number of alkyl halides is 3. The van der Waals surface area contributed by atoms with Crippen molar-refractivity contribution in [3.05, 3.63) is 29.8 Å². The van der Waals surface area contributed by atoms with Gasteiger partial charge in [0.25, 0.3) is 0 Å². The molecule has 3 N–H and O–H groups in total. The van der Waals surface area contributed by atoms with Gasteiger partial charge < -0.3 is 16.0 Å². The van der Waals surface area contributed by atoms with Crippen molar-refractivity contribution in [1.82, 2.24) is 14.5 Å². The summed E-state index contributed by atoms with van der Waals surface area (Å²) in [5, 5.41) is 2.38. The fourth-order valence-electron chi connectivity index (χ4n) is 2.98. The van der Waals surface area contributed by atoms with Crippen LogP contribution in [0.5, 0.6) is 0 Å². The molecule has 12 heteroatoms. The first-order valence-corrected chi connectivity index (χ1v) is 10.3. The summed E-state index contributed by atoms with van der Waals surface area (Å²) in [6.07, 6.45) is -4.56. The van der Waals surface area contributed by atoms with Gasteiger partial charge in [-0.1, -0.05) is 13.8 Å². The summed E-state index contributed by atoms with van der Waals surface area (Å²) in [6, 6.07) is 1.61. The molecule has 0 bridgehead atoms. The third-order valence-electron chi connectivity index (χ3n) is 4.60. The fraction of sp³-hybridized carbons (Fsp3) is 0.529. The average Bonchev–Trinajstić information content (AvgIpc) is 2.64. The number of nitrogens with zero attached hydrogens (tertiary/aromatic N) is 2. The summed E-state index contributed by atoms with van der Waals surface area (Å²) >= 11 is 0. The number of hydrogen-bond donors (Lipinski definition) is 2. The maximum atomic E-state index is 12.7. The van der Waals surface area contributed by atoms with Gasteiger partial charge in [0, 0.05) is 26.2 Å². The highest BCUT2D eigenvalue weighted by atomic mass is 32.2. The van der Waals surface area contributed by atoms with Crippen LogP contribution in [0.1, 0.15) is 19.4 Å². The largest absolute Gasteiger partial charge is 0.416 e. The van der Waals surface area contributed by atoms with Crippen LogP contribution in [0.25, 0.3) is 0 Å². The molecular weight excluding hydrogens is 413 g/mol. The zero-order valence-corrected chi connectivity index (χ0v) is 16.8. The first-order chi connectivity index (χ1) is 13.3. The van der Waals surface area contributed by atoms with Crippen molar-refractivity contribution in [2.45, 2.75) is 31.0 Å². The van der Waals surface area contributed by atoms with Gasteiger partial charge >= 0.3 is 12.2 Å². The second kappa shape index (κ2) is 8.57. The summed E-state index contributed by atoms with van der Waals surface area (Å²) in [4.78, 5) is 24.9. The molecule has 1 heterocycles. The molecule has 0 aromatic heterocycles. The molecule has 0 saturated carbocycles. The number of primary amides is 1. The average molecular weight is 436 g/mol. The molecule has 1 aromatic rings. The number of carbonyl (C=O) groups excluding carboxylic acids is 2. The van der Waals surface area contributed by atoms with Crippen molar-refractivity contribution in [2.24, 2.45) is 11.7 Å². The number of nitrogens with one attached hydrogen (secondary N) is 1. The van der Waals surface area contributed by atoms with Gasteiger partial charge in [-0.15, -0.1) is 0 Å². The molecule has 1 aliphatic rings. The minimum atomic E-state index is -4.56. The van der Waals surface area contributed by atoms with Gasteiger partial charge in [0.15, 0.2) is 0 Å². The molecule has 1 fully saturated rings. The van der Waals surface area contributed by atoms with Crippen molar-refractivity contribution < 1.29 is 31.2 Å². The van der Waals surface area contributed by atoms with Crippen LogP contribution < -0.4 is 11.1 Å². The van der Waals surface area contributed by atoms with Crippen LogP contribution in [0.2, 0.25) is 0 Å². The monoisotopic (exact) mass is 436 g/mol. The lowest BCUT2D eigenvalue weighted by Gasteiger charge is -2.36. The van der Waals surface area contributed by atoms with E-state index in [1.807, 2.05) is 0 Å². The minimum absolute atomic E-state index is 0.0174. The number of carbonyl (C=O) groups is 2. The Kier molecular flexibility index (Phi) is 6.78. The molecule has 2 rings (SSSR count). The molecular formula is C17H23F3N4O4S. The van der Waals surface area contributed by atoms with Crippen LogP contribution in [-0.4, -0.2) is 61.8 Å². The Bertz CT molecular complexity index is 848. The van der Waals surface area contributed by atoms with Crippen molar-refractivity contribution in [3.63, 3.8) is 0 Å². The number of sulfonamides is 1. The van der Waals surface area contributed by atoms with Gasteiger partial charge in [-0.05, 0) is 30.2 Å². The molecule has 29 heavy (non-hydrogen) atoms. The number of piperazine rings is 1. The zero-order valence-electron chi connectivity index (χ0n) is 15.9. The van der Waals surface area contributed by atoms with E-state index >= 15 is 0 Å². The van der Waals surface area contributed by atoms with Crippen molar-refractivity contribution in [3.8, 4) is 0 Å². The van der Waals surface area contributed by atoms with Crippen LogP contribution in [0.4, 0.5) is 18.0 Å². The summed E-state index contributed by atoms with van der Waals surface area (Å²) in [7, 11) is -3.99. The van der Waals surface area contributed by atoms with E-state index in [1.54, 1.807) is 13.8 Å². The lowest BCUT2D eigenvalue weighted by molar-refractivity contribution is -0.137. The second-order valence-electron chi connectivity index (χ2n) is 6.98. The van der Waals surface area contributed by atoms with Crippen LogP contribution >= 0.6 is 0 Å². The molecule has 1 aliphatic heterocycles. The Balaban J connectivity index is 2.07. The van der Waals surface area contributed by atoms with E-state index in [0.29, 0.717) is 0 Å². The quantitative estimate of drug-likeness (QED) is 0.723. The Hall–Kier alpha value is -2.34. The van der Waals surface area contributed by atoms with Gasteiger partial charge in [-0.2, -0.15) is 17.5 Å². The van der Waals surface area contributed by atoms with Crippen LogP contribution in [0.15, 0.2) is 29.2 Å². The molecule has 1 unspecified atom stereocenters. The highest BCUT2D eigenvalue weighted by molar-refractivity contribution is 7.89. The molecule has 1 aromatic carbocycles. The van der Waals surface area contributed by atoms with Gasteiger partial charge in [0.1, 0.15) is 6.04 Å². The summed E-state index contributed by atoms with van der Waals surface area (Å²) in [5.41, 5.74) is 4.16. The molecule has 0 spiro atoms. The number of halogens is 3. The van der Waals surface area contributed by atoms with E-state index in [0.717, 1.165) is 28.6 Å². The Morgan fingerprint density at radius 1 is 1.07 bits per heavy atom. The maximum absolute atomic E-state index is 12.7. The zero-order chi connectivity index (χ0) is 22.0. The second-order valence-corrected chi connectivity index (χ2v) is 8.92. The third-order valence-corrected chi connectivity index (χ3v) is 6.51. The highest BCUT2D eigenvalue weighted by Gasteiger charge is 2.35. The minimum Gasteiger partial charge on any atom is -0.352 e. The van der Waals surface area contributed by atoms with Crippen LogP contribution in [0.3, 0.4) is 0 Å². The van der Waals surface area contributed by atoms with E-state index < -0.39 is 33.8 Å². The number of nitrogens with two attached hydrogens (primary N) is 1. The molecule has 0 radical (unpaired) electrons. The summed E-state index contributed by atoms with van der Waals surface area (Å²) < 4.78 is 64.5. The van der Waals surface area contributed by atoms with E-state index in [1.165, 1.54) is 4.90 Å². The summed E-state index contributed by atoms with van der Waals surface area (Å²) in [6.45, 7) is 3.62. The smallest absolute Gasteiger partial charge is 0.352 e. The first kappa shape index (κ1) is 22.9. The fourth-order valence-corrected chi connectivity index (χ4v) is 4.40. The third kappa shape index (κ3) is 5.38. The molecule has 3 amide bonds. The normalized spacial score (nSPS) is 17.2. The number of rotatable bonds is 5. The first-order valence-electron chi connectivity index (χ1n) is 8.86. The van der Waals surface area contributed by atoms with E-state index in [4.69, 9.17) is 5.73 Å². The predicted molar refractivity (Wildman–Crippen MR) is 98.1 cm³/mol. The lowest BCUT2D eigenvalue weighted by atomic mass is 10.0. The van der Waals surface area contributed by atoms with Gasteiger partial charge in [0.2, 0.25) is 15.9 Å². The van der Waals surface area contributed by atoms with Gasteiger partial charge in [0.05, 0.1) is 10.5 Å². The number of urea groups is 1. The van der Waals surface area contributed by atoms with Crippen molar-refractivity contribution in [1.29, 1.82) is 0 Å². The van der Waals surface area contributed by atoms with E-state index in [9.17, 15) is 31.2 Å². The highest BCUT2D eigenvalue weighted by Crippen LogP contribution is 2.30. The molecule has 1 saturated heterocycles. The predicted octanol–water partition coefficient (Wildman–Crippen LogP) is 1.23. The topological polar surface area (TPSA) is 113 Å². The van der Waals surface area contributed by atoms with Gasteiger partial charge in [-0.3, -0.25) is 4.79 Å². The number of benzene rings is 1. The summed E-state index contributed by atoms with van der Waals surface area (Å²) in [5.74, 6) is -0.589. The van der Waals surface area contributed by atoms with E-state index in [-0.39, 0.29) is 42.9 Å². The van der Waals surface area contributed by atoms with Crippen LogP contribution in [0, 0.1) is 5.92 Å². The molecule has 0 aliphatic carbocycles. The molecule has 162 valence electrons. The Morgan fingerprint density at radius 3 is 2.00 bits per heavy atom. The Labute approximate surface area is 166 Å². The van der Waals surface area contributed by atoms with Gasteiger partial charge in [-0.25, -0.2) is 13.2 Å². The van der Waals surface area contributed by atoms with Crippen molar-refractivity contribution in [2.75, 3.05) is 26.2 Å². The van der Waals surface area contributed by atoms with Crippen LogP contribution in [-0.2, 0) is 21.0 Å². The lowest BCUT2D eigenvalue weighted by Crippen LogP contribution is -2.57. The number of hydrogen-bond acceptors (Lipinski definition) is 4. The standard InChI is InChI=1S/C17H23F3N4O4S/c1-11(2)14(22-16(21)26)15(25)23-7-9-24(10-8-23)29(27,28)13-5-3-12(4-6-13)17(18,19)20/h3-6,11,14H,7-10H2,1-2H3,(H3,21,22,26). The molecule has 1 atom stereocenters. The van der Waals surface area contributed by atoms with Crippen molar-refractivity contribution >= 4 is 22.0 Å². The Morgan fingerprint density at radius 2 is 1.59 bits per heavy atom. The number of amides is 3. The molecule has 8 nitrogen and oxygen atoms in total. The van der Waals surface area contributed by atoms with E-state index in [2.05, 4.69) is 5.32 Å². The maximum Gasteiger partial charge on any atom is 0.416 e. The SMILES string of the molecule is CC(C)C(NC(N)=O)C(=O)N1CCN(S(=O)(=O)c2ccc(C(F)(F)F)cc2)CC1.